The van der Waals surface area contributed by atoms with Gasteiger partial charge in [-0.15, -0.1) is 0 Å². The van der Waals surface area contributed by atoms with E-state index in [0.29, 0.717) is 5.56 Å². The van der Waals surface area contributed by atoms with Gasteiger partial charge in [0.05, 0.1) is 0 Å². The molecule has 56 valence electrons. The summed E-state index contributed by atoms with van der Waals surface area (Å²) < 4.78 is 0. The fourth-order valence-corrected chi connectivity index (χ4v) is 0.564. The third kappa shape index (κ3) is 2.57. The van der Waals surface area contributed by atoms with Crippen LogP contribution in [-0.4, -0.2) is 21.0 Å². The average Bonchev–Trinajstić information content (AvgIpc) is 2.03. The summed E-state index contributed by atoms with van der Waals surface area (Å²) >= 11 is 0. The fraction of sp³-hybridized carbons (Fsp3) is 0. The molecule has 0 radical (unpaired) electrons. The van der Waals surface area contributed by atoms with Crippen molar-refractivity contribution in [2.45, 2.75) is 0 Å². The maximum Gasteiger partial charge on any atom is 0.328 e. The minimum absolute atomic E-state index is 0.676. The molecule has 4 heteroatoms. The van der Waals surface area contributed by atoms with E-state index in [1.165, 1.54) is 24.8 Å². The molecule has 11 heavy (non-hydrogen) atoms. The van der Waals surface area contributed by atoms with Gasteiger partial charge in [-0.3, -0.25) is 0 Å². The number of aliphatic carboxylic acids is 1. The summed E-state index contributed by atoms with van der Waals surface area (Å²) in [6.45, 7) is 0. The number of nitrogens with zero attached hydrogens (tertiary/aromatic N) is 2. The molecule has 1 N–H and O–H groups in total. The van der Waals surface area contributed by atoms with E-state index in [9.17, 15) is 4.79 Å². The van der Waals surface area contributed by atoms with Gasteiger partial charge < -0.3 is 5.11 Å². The first kappa shape index (κ1) is 7.40. The third-order valence-electron chi connectivity index (χ3n) is 0.999. The number of aromatic nitrogens is 2. The Bertz CT molecular complexity index is 269. The van der Waals surface area contributed by atoms with Crippen molar-refractivity contribution in [3.8, 4) is 0 Å². The molecular formula is C7H6N2O2. The Morgan fingerprint density at radius 1 is 1.45 bits per heavy atom. The smallest absolute Gasteiger partial charge is 0.328 e. The molecule has 0 aliphatic rings. The molecule has 0 bridgehead atoms. The van der Waals surface area contributed by atoms with E-state index in [1.807, 2.05) is 0 Å². The Balaban J connectivity index is 2.72. The molecule has 0 spiro atoms. The van der Waals surface area contributed by atoms with Gasteiger partial charge in [0.25, 0.3) is 0 Å². The van der Waals surface area contributed by atoms with Crippen molar-refractivity contribution in [3.05, 3.63) is 30.4 Å². The summed E-state index contributed by atoms with van der Waals surface area (Å²) in [5.74, 6) is -0.978. The molecule has 0 fully saturated rings. The zero-order valence-corrected chi connectivity index (χ0v) is 5.64. The summed E-state index contributed by atoms with van der Waals surface area (Å²) in [6, 6.07) is 0. The van der Waals surface area contributed by atoms with E-state index >= 15 is 0 Å². The first-order valence-corrected chi connectivity index (χ1v) is 2.95. The van der Waals surface area contributed by atoms with Gasteiger partial charge in [0.2, 0.25) is 0 Å². The van der Waals surface area contributed by atoms with Crippen molar-refractivity contribution in [3.63, 3.8) is 0 Å². The quantitative estimate of drug-likeness (QED) is 0.626. The van der Waals surface area contributed by atoms with Crippen LogP contribution in [-0.2, 0) is 4.79 Å². The first-order valence-electron chi connectivity index (χ1n) is 2.95. The van der Waals surface area contributed by atoms with Crippen LogP contribution < -0.4 is 0 Å². The monoisotopic (exact) mass is 150 g/mol. The van der Waals surface area contributed by atoms with Crippen molar-refractivity contribution in [1.29, 1.82) is 0 Å². The third-order valence-corrected chi connectivity index (χ3v) is 0.999. The molecule has 0 amide bonds. The summed E-state index contributed by atoms with van der Waals surface area (Å²) in [7, 11) is 0. The second kappa shape index (κ2) is 3.46. The molecule has 0 aromatic carbocycles. The van der Waals surface area contributed by atoms with Crippen LogP contribution >= 0.6 is 0 Å². The predicted octanol–water partition coefficient (Wildman–Crippen LogP) is 0.574. The Morgan fingerprint density at radius 3 is 2.64 bits per heavy atom. The zero-order valence-electron chi connectivity index (χ0n) is 5.64. The normalized spacial score (nSPS) is 10.2. The van der Waals surface area contributed by atoms with E-state index in [4.69, 9.17) is 5.11 Å². The lowest BCUT2D eigenvalue weighted by Gasteiger charge is -1.86. The van der Waals surface area contributed by atoms with Crippen LogP contribution in [0.4, 0.5) is 0 Å². The fourth-order valence-electron chi connectivity index (χ4n) is 0.564. The van der Waals surface area contributed by atoms with E-state index in [-0.39, 0.29) is 0 Å². The van der Waals surface area contributed by atoms with E-state index in [0.717, 1.165) is 6.08 Å². The van der Waals surface area contributed by atoms with Crippen molar-refractivity contribution in [2.24, 2.45) is 0 Å². The van der Waals surface area contributed by atoms with Crippen LogP contribution in [0.2, 0.25) is 0 Å². The largest absolute Gasteiger partial charge is 0.478 e. The number of rotatable bonds is 2. The van der Waals surface area contributed by atoms with Gasteiger partial charge in [-0.25, -0.2) is 14.8 Å². The van der Waals surface area contributed by atoms with Gasteiger partial charge >= 0.3 is 5.97 Å². The standard InChI is InChI=1S/C7H6N2O2/c10-7(11)2-1-6-3-8-5-9-4-6/h1-5H,(H,10,11)/b2-1+. The molecule has 0 atom stereocenters. The molecule has 1 aromatic heterocycles. The van der Waals surface area contributed by atoms with E-state index < -0.39 is 5.97 Å². The highest BCUT2D eigenvalue weighted by molar-refractivity contribution is 5.85. The molecule has 0 saturated carbocycles. The second-order valence-corrected chi connectivity index (χ2v) is 1.84. The summed E-state index contributed by atoms with van der Waals surface area (Å²) in [6.07, 6.45) is 6.93. The second-order valence-electron chi connectivity index (χ2n) is 1.84. The molecule has 1 rings (SSSR count). The van der Waals surface area contributed by atoms with E-state index in [1.54, 1.807) is 0 Å². The molecule has 0 unspecified atom stereocenters. The minimum Gasteiger partial charge on any atom is -0.478 e. The van der Waals surface area contributed by atoms with Gasteiger partial charge in [0, 0.05) is 24.0 Å². The molecule has 1 heterocycles. The summed E-state index contributed by atoms with van der Waals surface area (Å²) in [5, 5.41) is 8.25. The van der Waals surface area contributed by atoms with Crippen LogP contribution in [0.15, 0.2) is 24.8 Å². The highest BCUT2D eigenvalue weighted by atomic mass is 16.4. The van der Waals surface area contributed by atoms with Gasteiger partial charge in [-0.05, 0) is 6.08 Å². The highest BCUT2D eigenvalue weighted by Gasteiger charge is 1.87. The number of carbonyl (C=O) groups is 1. The van der Waals surface area contributed by atoms with Crippen molar-refractivity contribution < 1.29 is 9.90 Å². The number of hydrogen-bond donors (Lipinski definition) is 1. The Kier molecular flexibility index (Phi) is 2.32. The summed E-state index contributed by atoms with van der Waals surface area (Å²) in [5.41, 5.74) is 0.676. The topological polar surface area (TPSA) is 63.1 Å². The molecule has 4 nitrogen and oxygen atoms in total. The lowest BCUT2D eigenvalue weighted by Crippen LogP contribution is -1.86. The van der Waals surface area contributed by atoms with Crippen molar-refractivity contribution in [2.75, 3.05) is 0 Å². The predicted molar refractivity (Wildman–Crippen MR) is 38.7 cm³/mol. The number of carboxylic acids is 1. The van der Waals surface area contributed by atoms with Crippen LogP contribution in [0.25, 0.3) is 6.08 Å². The summed E-state index contributed by atoms with van der Waals surface area (Å²) in [4.78, 5) is 17.5. The van der Waals surface area contributed by atoms with Gasteiger partial charge in [0.15, 0.2) is 0 Å². The highest BCUT2D eigenvalue weighted by Crippen LogP contribution is 1.95. The average molecular weight is 150 g/mol. The SMILES string of the molecule is O=C(O)/C=C/c1cncnc1. The molecular weight excluding hydrogens is 144 g/mol. The lowest BCUT2D eigenvalue weighted by molar-refractivity contribution is -0.131. The Morgan fingerprint density at radius 2 is 2.09 bits per heavy atom. The van der Waals surface area contributed by atoms with Crippen LogP contribution in [0.5, 0.6) is 0 Å². The Labute approximate surface area is 63.2 Å². The van der Waals surface area contributed by atoms with Crippen LogP contribution in [0.1, 0.15) is 5.56 Å². The van der Waals surface area contributed by atoms with Gasteiger partial charge in [-0.2, -0.15) is 0 Å². The van der Waals surface area contributed by atoms with Gasteiger partial charge in [0.1, 0.15) is 6.33 Å². The molecule has 0 aliphatic heterocycles. The molecule has 0 aliphatic carbocycles. The number of hydrogen-bond acceptors (Lipinski definition) is 3. The molecule has 1 aromatic rings. The molecule has 0 saturated heterocycles. The first-order chi connectivity index (χ1) is 5.29. The Hall–Kier alpha value is -1.71. The van der Waals surface area contributed by atoms with Gasteiger partial charge in [-0.1, -0.05) is 0 Å². The minimum atomic E-state index is -0.978. The number of carboxylic acid groups (broad SMARTS) is 1. The maximum absolute atomic E-state index is 10.0. The van der Waals surface area contributed by atoms with Crippen molar-refractivity contribution >= 4 is 12.0 Å². The van der Waals surface area contributed by atoms with Crippen molar-refractivity contribution in [1.82, 2.24) is 9.97 Å². The van der Waals surface area contributed by atoms with Crippen LogP contribution in [0.3, 0.4) is 0 Å². The zero-order chi connectivity index (χ0) is 8.10. The lowest BCUT2D eigenvalue weighted by atomic mass is 10.3. The van der Waals surface area contributed by atoms with E-state index in [2.05, 4.69) is 9.97 Å². The van der Waals surface area contributed by atoms with Crippen LogP contribution in [0, 0.1) is 0 Å². The maximum atomic E-state index is 10.0.